The summed E-state index contributed by atoms with van der Waals surface area (Å²) in [4.78, 5) is 0. The van der Waals surface area contributed by atoms with Crippen LogP contribution in [0.15, 0.2) is 0 Å². The lowest BCUT2D eigenvalue weighted by atomic mass is 9.91. The van der Waals surface area contributed by atoms with Gasteiger partial charge in [0.2, 0.25) is 0 Å². The van der Waals surface area contributed by atoms with Gasteiger partial charge in [-0.2, -0.15) is 11.8 Å². The van der Waals surface area contributed by atoms with E-state index in [9.17, 15) is 5.11 Å². The van der Waals surface area contributed by atoms with Gasteiger partial charge in [-0.15, -0.1) is 0 Å². The van der Waals surface area contributed by atoms with Gasteiger partial charge in [0.15, 0.2) is 0 Å². The lowest BCUT2D eigenvalue weighted by Gasteiger charge is -2.32. The molecule has 102 valence electrons. The van der Waals surface area contributed by atoms with Gasteiger partial charge in [-0.3, -0.25) is 0 Å². The molecule has 0 aromatic rings. The maximum Gasteiger partial charge on any atom is 0.0613 e. The highest BCUT2D eigenvalue weighted by atomic mass is 32.2. The first-order chi connectivity index (χ1) is 8.26. The second kappa shape index (κ2) is 8.39. The lowest BCUT2D eigenvalue weighted by Crippen LogP contribution is -2.49. The molecule has 0 spiro atoms. The fourth-order valence-corrected chi connectivity index (χ4v) is 3.15. The second-order valence-corrected chi connectivity index (χ2v) is 6.50. The van der Waals surface area contributed by atoms with Gasteiger partial charge in [-0.05, 0) is 50.0 Å². The largest absolute Gasteiger partial charge is 0.394 e. The summed E-state index contributed by atoms with van der Waals surface area (Å²) in [6, 6.07) is 0.690. The van der Waals surface area contributed by atoms with Crippen LogP contribution in [0.2, 0.25) is 0 Å². The number of aliphatic hydroxyl groups excluding tert-OH is 1. The Kier molecular flexibility index (Phi) is 7.56. The van der Waals surface area contributed by atoms with E-state index in [0.717, 1.165) is 12.8 Å². The van der Waals surface area contributed by atoms with Gasteiger partial charge in [-0.1, -0.05) is 20.3 Å². The van der Waals surface area contributed by atoms with Gasteiger partial charge in [0.25, 0.3) is 0 Å². The topological polar surface area (TPSA) is 32.3 Å². The first-order valence-electron chi connectivity index (χ1n) is 7.22. The minimum absolute atomic E-state index is 0.00643. The number of unbranched alkanes of at least 4 members (excludes halogenated alkanes) is 1. The summed E-state index contributed by atoms with van der Waals surface area (Å²) < 4.78 is 0. The molecule has 2 N–H and O–H groups in total. The summed E-state index contributed by atoms with van der Waals surface area (Å²) in [7, 11) is 0. The van der Waals surface area contributed by atoms with Crippen LogP contribution >= 0.6 is 11.8 Å². The minimum atomic E-state index is 0.00643. The molecule has 0 heterocycles. The van der Waals surface area contributed by atoms with Crippen LogP contribution in [0.3, 0.4) is 0 Å². The molecule has 0 aromatic heterocycles. The van der Waals surface area contributed by atoms with E-state index in [2.05, 4.69) is 30.9 Å². The van der Waals surface area contributed by atoms with E-state index in [1.165, 1.54) is 43.6 Å². The summed E-state index contributed by atoms with van der Waals surface area (Å²) in [6.07, 6.45) is 8.62. The van der Waals surface area contributed by atoms with Crippen molar-refractivity contribution >= 4 is 11.8 Å². The quantitative estimate of drug-likeness (QED) is 0.559. The van der Waals surface area contributed by atoms with Crippen molar-refractivity contribution in [2.75, 3.05) is 18.1 Å². The molecule has 1 atom stereocenters. The number of nitrogens with one attached hydrogen (secondary N) is 1. The molecule has 0 bridgehead atoms. The van der Waals surface area contributed by atoms with Crippen molar-refractivity contribution in [3.05, 3.63) is 0 Å². The van der Waals surface area contributed by atoms with Crippen LogP contribution in [-0.4, -0.2) is 34.8 Å². The van der Waals surface area contributed by atoms with Crippen molar-refractivity contribution in [1.82, 2.24) is 5.32 Å². The average Bonchev–Trinajstić information content (AvgIpc) is 3.16. The summed E-state index contributed by atoms with van der Waals surface area (Å²) in [6.45, 7) is 4.73. The van der Waals surface area contributed by atoms with Crippen LogP contribution in [0.25, 0.3) is 0 Å². The molecule has 3 heteroatoms. The SMILES string of the molecule is CCCCSCCCC(CC)(CO)NC1CC1. The molecule has 1 aliphatic rings. The Hall–Kier alpha value is 0.270. The molecule has 1 fully saturated rings. The molecule has 2 nitrogen and oxygen atoms in total. The molecular weight excluding hydrogens is 230 g/mol. The summed E-state index contributed by atoms with van der Waals surface area (Å²) >= 11 is 2.06. The zero-order chi connectivity index (χ0) is 12.6. The van der Waals surface area contributed by atoms with E-state index < -0.39 is 0 Å². The molecule has 0 aromatic carbocycles. The molecule has 1 unspecified atom stereocenters. The monoisotopic (exact) mass is 259 g/mol. The van der Waals surface area contributed by atoms with E-state index in [0.29, 0.717) is 12.6 Å². The predicted molar refractivity (Wildman–Crippen MR) is 77.7 cm³/mol. The average molecular weight is 259 g/mol. The van der Waals surface area contributed by atoms with Crippen molar-refractivity contribution in [3.63, 3.8) is 0 Å². The third kappa shape index (κ3) is 6.12. The van der Waals surface area contributed by atoms with Crippen LogP contribution < -0.4 is 5.32 Å². The van der Waals surface area contributed by atoms with Crippen LogP contribution in [0.5, 0.6) is 0 Å². The highest BCUT2D eigenvalue weighted by Crippen LogP contribution is 2.27. The zero-order valence-corrected chi connectivity index (χ0v) is 12.3. The molecule has 0 saturated heterocycles. The summed E-state index contributed by atoms with van der Waals surface area (Å²) in [5.41, 5.74) is 0.00643. The van der Waals surface area contributed by atoms with Crippen molar-refractivity contribution in [2.24, 2.45) is 0 Å². The summed E-state index contributed by atoms with van der Waals surface area (Å²) in [5.74, 6) is 2.54. The van der Waals surface area contributed by atoms with Crippen molar-refractivity contribution in [2.45, 2.75) is 70.4 Å². The second-order valence-electron chi connectivity index (χ2n) is 5.28. The number of aliphatic hydroxyl groups is 1. The molecular formula is C14H29NOS. The highest BCUT2D eigenvalue weighted by molar-refractivity contribution is 7.99. The lowest BCUT2D eigenvalue weighted by molar-refractivity contribution is 0.144. The van der Waals surface area contributed by atoms with E-state index >= 15 is 0 Å². The molecule has 1 aliphatic carbocycles. The molecule has 17 heavy (non-hydrogen) atoms. The number of hydrogen-bond donors (Lipinski definition) is 2. The van der Waals surface area contributed by atoms with Crippen LogP contribution in [0.1, 0.15) is 58.8 Å². The third-order valence-electron chi connectivity index (χ3n) is 3.65. The van der Waals surface area contributed by atoms with E-state index in [1.54, 1.807) is 0 Å². The first-order valence-corrected chi connectivity index (χ1v) is 8.38. The Morgan fingerprint density at radius 1 is 1.24 bits per heavy atom. The van der Waals surface area contributed by atoms with Gasteiger partial charge >= 0.3 is 0 Å². The number of rotatable bonds is 11. The Labute approximate surface area is 111 Å². The van der Waals surface area contributed by atoms with Gasteiger partial charge in [-0.25, -0.2) is 0 Å². The Bertz CT molecular complexity index is 191. The van der Waals surface area contributed by atoms with E-state index in [-0.39, 0.29) is 5.54 Å². The third-order valence-corrected chi connectivity index (χ3v) is 4.81. The fourth-order valence-electron chi connectivity index (χ4n) is 2.11. The summed E-state index contributed by atoms with van der Waals surface area (Å²) in [5, 5.41) is 13.3. The van der Waals surface area contributed by atoms with Crippen LogP contribution in [0.4, 0.5) is 0 Å². The van der Waals surface area contributed by atoms with Crippen molar-refractivity contribution < 1.29 is 5.11 Å². The molecule has 0 amide bonds. The minimum Gasteiger partial charge on any atom is -0.394 e. The maximum atomic E-state index is 9.62. The molecule has 0 radical (unpaired) electrons. The highest BCUT2D eigenvalue weighted by Gasteiger charge is 2.33. The standard InChI is InChI=1S/C14H29NOS/c1-3-5-10-17-11-6-9-14(4-2,12-16)15-13-7-8-13/h13,15-16H,3-12H2,1-2H3. The van der Waals surface area contributed by atoms with Gasteiger partial charge < -0.3 is 10.4 Å². The van der Waals surface area contributed by atoms with Crippen LogP contribution in [-0.2, 0) is 0 Å². The van der Waals surface area contributed by atoms with Gasteiger partial charge in [0.1, 0.15) is 0 Å². The van der Waals surface area contributed by atoms with Crippen LogP contribution in [0, 0.1) is 0 Å². The number of hydrogen-bond acceptors (Lipinski definition) is 3. The smallest absolute Gasteiger partial charge is 0.0613 e. The maximum absolute atomic E-state index is 9.62. The first kappa shape index (κ1) is 15.3. The zero-order valence-electron chi connectivity index (χ0n) is 11.5. The van der Waals surface area contributed by atoms with Crippen molar-refractivity contribution in [1.29, 1.82) is 0 Å². The predicted octanol–water partition coefficient (Wildman–Crippen LogP) is 3.19. The van der Waals surface area contributed by atoms with Crippen molar-refractivity contribution in [3.8, 4) is 0 Å². The Balaban J connectivity index is 2.14. The molecule has 1 rings (SSSR count). The Morgan fingerprint density at radius 2 is 1.94 bits per heavy atom. The normalized spacial score (nSPS) is 19.2. The van der Waals surface area contributed by atoms with E-state index in [4.69, 9.17) is 0 Å². The fraction of sp³-hybridized carbons (Fsp3) is 1.00. The van der Waals surface area contributed by atoms with Gasteiger partial charge in [0.05, 0.1) is 6.61 Å². The molecule has 1 saturated carbocycles. The van der Waals surface area contributed by atoms with E-state index in [1.807, 2.05) is 0 Å². The number of thioether (sulfide) groups is 1. The molecule has 0 aliphatic heterocycles. The Morgan fingerprint density at radius 3 is 2.47 bits per heavy atom. The van der Waals surface area contributed by atoms with Gasteiger partial charge in [0, 0.05) is 11.6 Å².